The zero-order valence-electron chi connectivity index (χ0n) is 16.0. The number of H-pyrrole nitrogens is 1. The molecule has 2 fully saturated rings. The Labute approximate surface area is 159 Å². The first-order valence-corrected chi connectivity index (χ1v) is 9.90. The molecule has 5 rings (SSSR count). The van der Waals surface area contributed by atoms with E-state index in [4.69, 9.17) is 4.98 Å². The van der Waals surface area contributed by atoms with Crippen LogP contribution in [0.4, 0.5) is 5.95 Å². The summed E-state index contributed by atoms with van der Waals surface area (Å²) < 4.78 is 0. The van der Waals surface area contributed by atoms with Crippen molar-refractivity contribution < 1.29 is 4.79 Å². The lowest BCUT2D eigenvalue weighted by Gasteiger charge is -2.36. The van der Waals surface area contributed by atoms with E-state index in [0.29, 0.717) is 6.04 Å². The molecule has 27 heavy (non-hydrogen) atoms. The molecule has 1 aliphatic carbocycles. The molecule has 2 aliphatic heterocycles. The molecule has 7 heteroatoms. The Bertz CT molecular complexity index is 876. The van der Waals surface area contributed by atoms with Crippen LogP contribution >= 0.6 is 0 Å². The first-order valence-electron chi connectivity index (χ1n) is 9.90. The maximum Gasteiger partial charge on any atom is 0.253 e. The molecular weight excluding hydrogens is 340 g/mol. The molecule has 0 bridgehead atoms. The zero-order valence-corrected chi connectivity index (χ0v) is 16.0. The minimum Gasteiger partial charge on any atom is -0.356 e. The van der Waals surface area contributed by atoms with Gasteiger partial charge in [0.1, 0.15) is 0 Å². The van der Waals surface area contributed by atoms with Gasteiger partial charge in [0.2, 0.25) is 5.95 Å². The van der Waals surface area contributed by atoms with Gasteiger partial charge >= 0.3 is 0 Å². The summed E-state index contributed by atoms with van der Waals surface area (Å²) in [4.78, 5) is 29.8. The van der Waals surface area contributed by atoms with E-state index in [-0.39, 0.29) is 11.3 Å². The number of hydrogen-bond donors (Lipinski definition) is 2. The van der Waals surface area contributed by atoms with Crippen molar-refractivity contribution >= 4 is 11.9 Å². The number of nitrogens with one attached hydrogen (secondary N) is 2. The molecule has 142 valence electrons. The third-order valence-corrected chi connectivity index (χ3v) is 6.28. The van der Waals surface area contributed by atoms with Crippen molar-refractivity contribution in [2.24, 2.45) is 0 Å². The number of rotatable bonds is 3. The number of carbonyl (C=O) groups is 1. The summed E-state index contributed by atoms with van der Waals surface area (Å²) in [6, 6.07) is 4.44. The molecule has 2 N–H and O–H groups in total. The minimum atomic E-state index is 0.0177. The molecule has 2 aromatic heterocycles. The Hall–Kier alpha value is -2.41. The summed E-state index contributed by atoms with van der Waals surface area (Å²) in [5.74, 6) is 0.790. The number of amides is 1. The predicted molar refractivity (Wildman–Crippen MR) is 104 cm³/mol. The summed E-state index contributed by atoms with van der Waals surface area (Å²) in [6.07, 6.45) is 4.09. The highest BCUT2D eigenvalue weighted by molar-refractivity contribution is 5.98. The molecule has 1 spiro atoms. The lowest BCUT2D eigenvalue weighted by atomic mass is 9.95. The zero-order chi connectivity index (χ0) is 18.6. The molecule has 1 saturated heterocycles. The van der Waals surface area contributed by atoms with Crippen LogP contribution in [0.5, 0.6) is 0 Å². The largest absolute Gasteiger partial charge is 0.356 e. The van der Waals surface area contributed by atoms with E-state index in [1.54, 1.807) is 0 Å². The van der Waals surface area contributed by atoms with Crippen molar-refractivity contribution in [1.82, 2.24) is 25.2 Å². The number of hydrogen-bond acceptors (Lipinski definition) is 5. The Balaban J connectivity index is 1.41. The van der Waals surface area contributed by atoms with Gasteiger partial charge in [-0.05, 0) is 38.8 Å². The van der Waals surface area contributed by atoms with Crippen molar-refractivity contribution in [1.29, 1.82) is 0 Å². The monoisotopic (exact) mass is 366 g/mol. The first-order chi connectivity index (χ1) is 13.1. The first kappa shape index (κ1) is 16.7. The fourth-order valence-corrected chi connectivity index (χ4v) is 4.29. The lowest BCUT2D eigenvalue weighted by molar-refractivity contribution is 0.0937. The molecule has 0 aromatic carbocycles. The minimum absolute atomic E-state index is 0.0177. The van der Waals surface area contributed by atoms with Gasteiger partial charge in [-0.1, -0.05) is 0 Å². The van der Waals surface area contributed by atoms with E-state index < -0.39 is 0 Å². The second-order valence-corrected chi connectivity index (χ2v) is 8.29. The molecule has 3 aliphatic rings. The molecule has 2 aromatic rings. The van der Waals surface area contributed by atoms with Crippen molar-refractivity contribution in [3.8, 4) is 11.4 Å². The topological polar surface area (TPSA) is 77.1 Å². The molecular formula is C20H26N6O. The van der Waals surface area contributed by atoms with Crippen LogP contribution in [0.15, 0.2) is 18.3 Å². The molecule has 0 atom stereocenters. The predicted octanol–water partition coefficient (Wildman–Crippen LogP) is 1.78. The Morgan fingerprint density at radius 2 is 1.96 bits per heavy atom. The van der Waals surface area contributed by atoms with Gasteiger partial charge in [-0.25, -0.2) is 9.97 Å². The van der Waals surface area contributed by atoms with Crippen LogP contribution < -0.4 is 10.2 Å². The molecule has 7 nitrogen and oxygen atoms in total. The molecule has 1 amide bonds. The van der Waals surface area contributed by atoms with Gasteiger partial charge in [0, 0.05) is 56.1 Å². The number of aromatic amines is 1. The van der Waals surface area contributed by atoms with E-state index in [0.717, 1.165) is 74.2 Å². The Morgan fingerprint density at radius 1 is 1.19 bits per heavy atom. The van der Waals surface area contributed by atoms with Crippen LogP contribution in [0.25, 0.3) is 11.4 Å². The maximum atomic E-state index is 12.3. The van der Waals surface area contributed by atoms with Crippen molar-refractivity contribution in [3.05, 3.63) is 29.6 Å². The van der Waals surface area contributed by atoms with Gasteiger partial charge < -0.3 is 15.2 Å². The maximum absolute atomic E-state index is 12.3. The standard InChI is InChI=1S/C20H26N6O/c1-13(2)25-7-9-26(10-8-25)19-21-6-3-15(24-19)16-11-14-17(23-16)20(4-5-20)12-22-18(14)27/h3,6,11,13,23H,4-5,7-10,12H2,1-2H3,(H,22,27). The van der Waals surface area contributed by atoms with Crippen molar-refractivity contribution in [2.45, 2.75) is 38.1 Å². The number of carbonyl (C=O) groups excluding carboxylic acids is 1. The van der Waals surface area contributed by atoms with Crippen molar-refractivity contribution in [2.75, 3.05) is 37.6 Å². The third kappa shape index (κ3) is 2.81. The molecule has 1 saturated carbocycles. The molecule has 4 heterocycles. The van der Waals surface area contributed by atoms with Gasteiger partial charge in [-0.3, -0.25) is 9.69 Å². The van der Waals surface area contributed by atoms with E-state index in [1.165, 1.54) is 0 Å². The van der Waals surface area contributed by atoms with Crippen LogP contribution in [0.3, 0.4) is 0 Å². The number of piperazine rings is 1. The second kappa shape index (κ2) is 6.05. The summed E-state index contributed by atoms with van der Waals surface area (Å²) in [5, 5.41) is 3.03. The normalized spacial score (nSPS) is 21.4. The lowest BCUT2D eigenvalue weighted by Crippen LogP contribution is -2.49. The SMILES string of the molecule is CC(C)N1CCN(c2nccc(-c3cc4c([nH]3)C3(CC3)CNC4=O)n2)CC1. The van der Waals surface area contributed by atoms with Gasteiger partial charge in [-0.2, -0.15) is 0 Å². The molecule has 0 radical (unpaired) electrons. The second-order valence-electron chi connectivity index (χ2n) is 8.29. The van der Waals surface area contributed by atoms with Crippen LogP contribution in [-0.2, 0) is 5.41 Å². The summed E-state index contributed by atoms with van der Waals surface area (Å²) in [6.45, 7) is 9.16. The molecule has 0 unspecified atom stereocenters. The third-order valence-electron chi connectivity index (χ3n) is 6.28. The average molecular weight is 366 g/mol. The highest BCUT2D eigenvalue weighted by Crippen LogP contribution is 2.50. The summed E-state index contributed by atoms with van der Waals surface area (Å²) in [5.41, 5.74) is 3.76. The van der Waals surface area contributed by atoms with Crippen LogP contribution in [0.2, 0.25) is 0 Å². The number of fused-ring (bicyclic) bond motifs is 2. The highest BCUT2D eigenvalue weighted by atomic mass is 16.1. The fraction of sp³-hybridized carbons (Fsp3) is 0.550. The Kier molecular flexibility index (Phi) is 3.75. The Morgan fingerprint density at radius 3 is 2.67 bits per heavy atom. The van der Waals surface area contributed by atoms with Gasteiger partial charge in [0.05, 0.1) is 17.0 Å². The van der Waals surface area contributed by atoms with Gasteiger partial charge in [0.25, 0.3) is 5.91 Å². The van der Waals surface area contributed by atoms with E-state index in [2.05, 4.69) is 38.9 Å². The van der Waals surface area contributed by atoms with Crippen molar-refractivity contribution in [3.63, 3.8) is 0 Å². The van der Waals surface area contributed by atoms with Crippen LogP contribution in [-0.4, -0.2) is 64.5 Å². The highest BCUT2D eigenvalue weighted by Gasteiger charge is 2.50. The van der Waals surface area contributed by atoms with E-state index in [1.807, 2.05) is 18.3 Å². The number of aromatic nitrogens is 3. The number of anilines is 1. The van der Waals surface area contributed by atoms with Gasteiger partial charge in [-0.15, -0.1) is 0 Å². The van der Waals surface area contributed by atoms with E-state index in [9.17, 15) is 4.79 Å². The summed E-state index contributed by atoms with van der Waals surface area (Å²) >= 11 is 0. The fourth-order valence-electron chi connectivity index (χ4n) is 4.29. The quantitative estimate of drug-likeness (QED) is 0.866. The van der Waals surface area contributed by atoms with Gasteiger partial charge in [0.15, 0.2) is 0 Å². The average Bonchev–Trinajstić information content (AvgIpc) is 3.32. The van der Waals surface area contributed by atoms with Crippen LogP contribution in [0, 0.1) is 0 Å². The van der Waals surface area contributed by atoms with E-state index >= 15 is 0 Å². The number of nitrogens with zero attached hydrogens (tertiary/aromatic N) is 4. The van der Waals surface area contributed by atoms with Crippen LogP contribution in [0.1, 0.15) is 42.7 Å². The summed E-state index contributed by atoms with van der Waals surface area (Å²) in [7, 11) is 0. The smallest absolute Gasteiger partial charge is 0.253 e.